The quantitative estimate of drug-likeness (QED) is 0.146. The van der Waals surface area contributed by atoms with E-state index in [0.29, 0.717) is 13.0 Å². The fourth-order valence-corrected chi connectivity index (χ4v) is 9.03. The van der Waals surface area contributed by atoms with Crippen molar-refractivity contribution >= 4 is 47.3 Å². The Labute approximate surface area is 342 Å². The molecule has 13 nitrogen and oxygen atoms in total. The Kier molecular flexibility index (Phi) is 13.8. The van der Waals surface area contributed by atoms with E-state index >= 15 is 0 Å². The zero-order valence-electron chi connectivity index (χ0n) is 35.4. The zero-order valence-corrected chi connectivity index (χ0v) is 35.4. The summed E-state index contributed by atoms with van der Waals surface area (Å²) >= 11 is 0. The van der Waals surface area contributed by atoms with Gasteiger partial charge in [0, 0.05) is 38.7 Å². The molecule has 0 bridgehead atoms. The summed E-state index contributed by atoms with van der Waals surface area (Å²) in [6.07, 6.45) is 14.0. The number of rotatable bonds is 12. The van der Waals surface area contributed by atoms with E-state index in [4.69, 9.17) is 0 Å². The van der Waals surface area contributed by atoms with Gasteiger partial charge in [0.15, 0.2) is 11.6 Å². The number of piperidine rings is 1. The van der Waals surface area contributed by atoms with Gasteiger partial charge in [0.2, 0.25) is 23.6 Å². The smallest absolute Gasteiger partial charge is 0.315 e. The number of Topliss-reactive ketones (excluding diaryl/α,β-unsaturated/α-hetero) is 2. The number of amides is 8. The molecule has 4 aliphatic rings. The van der Waals surface area contributed by atoms with Crippen molar-refractivity contribution in [1.29, 1.82) is 0 Å². The third kappa shape index (κ3) is 9.24. The van der Waals surface area contributed by atoms with Crippen molar-refractivity contribution in [2.75, 3.05) is 40.3 Å². The van der Waals surface area contributed by atoms with Crippen LogP contribution >= 0.6 is 0 Å². The number of carbonyl (C=O) groups excluding carboxylic acids is 8. The van der Waals surface area contributed by atoms with E-state index in [1.54, 1.807) is 30.4 Å². The Balaban J connectivity index is 1.25. The largest absolute Gasteiger partial charge is 0.333 e. The Morgan fingerprint density at radius 2 is 1.28 bits per heavy atom. The average molecular weight is 800 g/mol. The lowest BCUT2D eigenvalue weighted by Gasteiger charge is -2.43. The molecular formula is C45H61N5O8. The van der Waals surface area contributed by atoms with Crippen LogP contribution in [0.1, 0.15) is 121 Å². The first-order valence-electron chi connectivity index (χ1n) is 20.8. The molecule has 3 atom stereocenters. The molecule has 1 aromatic rings. The van der Waals surface area contributed by atoms with Crippen LogP contribution in [0.5, 0.6) is 0 Å². The molecule has 1 saturated carbocycles. The van der Waals surface area contributed by atoms with Crippen LogP contribution in [0.4, 0.5) is 9.59 Å². The third-order valence-corrected chi connectivity index (χ3v) is 12.8. The highest BCUT2D eigenvalue weighted by Gasteiger charge is 2.54. The molecule has 0 radical (unpaired) electrons. The van der Waals surface area contributed by atoms with Gasteiger partial charge in [0.25, 0.3) is 0 Å². The molecule has 1 aliphatic carbocycles. The Morgan fingerprint density at radius 3 is 1.84 bits per heavy atom. The predicted molar refractivity (Wildman–Crippen MR) is 218 cm³/mol. The van der Waals surface area contributed by atoms with E-state index in [1.165, 1.54) is 53.6 Å². The van der Waals surface area contributed by atoms with Crippen molar-refractivity contribution in [1.82, 2.24) is 24.9 Å². The van der Waals surface area contributed by atoms with Crippen LogP contribution in [-0.2, 0) is 30.4 Å². The highest BCUT2D eigenvalue weighted by molar-refractivity contribution is 6.21. The van der Waals surface area contributed by atoms with Gasteiger partial charge in [-0.1, -0.05) is 80.0 Å². The van der Waals surface area contributed by atoms with Crippen LogP contribution < -0.4 is 5.32 Å². The standard InChI is InChI=1S/C45H61N5O8/c1-30(2)17-21-43(4)37(53)47(6)41(57)49(39(43)55)27-35(51)33-16-14-15-32(24-33)23-31(3)18-22-44(5)38(54)48(7)42(58)50(40(44)56)28-36(52)34-25-45(29-46-26-34)19-12-10-8-9-11-13-20-45/h14-18,24,34,46H,8-13,19-23,25-29H2,1-7H3. The minimum atomic E-state index is -1.62. The molecule has 0 aromatic heterocycles. The summed E-state index contributed by atoms with van der Waals surface area (Å²) in [6.45, 7) is 8.97. The molecule has 1 aromatic carbocycles. The Hall–Kier alpha value is -4.78. The second-order valence-electron chi connectivity index (χ2n) is 17.9. The fourth-order valence-electron chi connectivity index (χ4n) is 9.03. The van der Waals surface area contributed by atoms with Crippen LogP contribution in [0.3, 0.4) is 0 Å². The maximum absolute atomic E-state index is 14.0. The number of nitrogens with one attached hydrogen (secondary N) is 1. The van der Waals surface area contributed by atoms with Gasteiger partial charge in [-0.2, -0.15) is 0 Å². The molecule has 1 N–H and O–H groups in total. The lowest BCUT2D eigenvalue weighted by molar-refractivity contribution is -0.158. The summed E-state index contributed by atoms with van der Waals surface area (Å²) in [4.78, 5) is 111. The molecule has 58 heavy (non-hydrogen) atoms. The number of benzene rings is 1. The van der Waals surface area contributed by atoms with E-state index in [1.807, 2.05) is 26.8 Å². The second kappa shape index (κ2) is 18.0. The first kappa shape index (κ1) is 44.3. The van der Waals surface area contributed by atoms with Gasteiger partial charge in [-0.15, -0.1) is 0 Å². The summed E-state index contributed by atoms with van der Waals surface area (Å²) in [7, 11) is 2.64. The number of carbonyl (C=O) groups is 8. The number of ketones is 2. The van der Waals surface area contributed by atoms with E-state index < -0.39 is 58.8 Å². The van der Waals surface area contributed by atoms with Crippen molar-refractivity contribution in [3.05, 3.63) is 58.7 Å². The monoisotopic (exact) mass is 799 g/mol. The molecule has 3 aliphatic heterocycles. The van der Waals surface area contributed by atoms with Crippen molar-refractivity contribution in [3.8, 4) is 0 Å². The summed E-state index contributed by atoms with van der Waals surface area (Å²) in [5.41, 5.74) is -0.404. The van der Waals surface area contributed by atoms with Gasteiger partial charge >= 0.3 is 12.1 Å². The normalized spacial score (nSPS) is 26.1. The lowest BCUT2D eigenvalue weighted by atomic mass is 9.69. The van der Waals surface area contributed by atoms with Crippen LogP contribution in [0, 0.1) is 22.2 Å². The van der Waals surface area contributed by atoms with E-state index in [-0.39, 0.29) is 42.1 Å². The molecule has 3 heterocycles. The maximum Gasteiger partial charge on any atom is 0.333 e. The van der Waals surface area contributed by atoms with Crippen LogP contribution in [0.2, 0.25) is 0 Å². The minimum absolute atomic E-state index is 0.0114. The first-order valence-corrected chi connectivity index (χ1v) is 20.8. The molecule has 13 heteroatoms. The van der Waals surface area contributed by atoms with Crippen LogP contribution in [-0.4, -0.2) is 107 Å². The molecule has 314 valence electrons. The van der Waals surface area contributed by atoms with Crippen LogP contribution in [0.15, 0.2) is 47.6 Å². The highest BCUT2D eigenvalue weighted by atomic mass is 16.2. The molecule has 8 amide bonds. The molecule has 3 unspecified atom stereocenters. The zero-order chi connectivity index (χ0) is 42.6. The molecule has 4 fully saturated rings. The molecule has 1 spiro atoms. The third-order valence-electron chi connectivity index (χ3n) is 12.8. The second-order valence-corrected chi connectivity index (χ2v) is 17.9. The Morgan fingerprint density at radius 1 is 0.741 bits per heavy atom. The predicted octanol–water partition coefficient (Wildman–Crippen LogP) is 6.26. The SMILES string of the molecule is CC(C)=CCC1(C)C(=O)N(C)C(=O)N(CC(=O)c2cccc(CC(C)=CCC3(C)C(=O)N(C)C(=O)N(CC(=O)C4CNCC5(CCCCCCCC5)C4)C3=O)c2)C1=O. The van der Waals surface area contributed by atoms with Crippen molar-refractivity contribution in [2.45, 2.75) is 112 Å². The highest BCUT2D eigenvalue weighted by Crippen LogP contribution is 2.41. The van der Waals surface area contributed by atoms with E-state index in [0.717, 1.165) is 75.0 Å². The molecular weight excluding hydrogens is 739 g/mol. The van der Waals surface area contributed by atoms with Crippen molar-refractivity contribution < 1.29 is 38.4 Å². The van der Waals surface area contributed by atoms with Crippen molar-refractivity contribution in [2.24, 2.45) is 22.2 Å². The van der Waals surface area contributed by atoms with Gasteiger partial charge in [-0.25, -0.2) is 9.59 Å². The molecule has 3 saturated heterocycles. The van der Waals surface area contributed by atoms with Gasteiger partial charge < -0.3 is 5.32 Å². The van der Waals surface area contributed by atoms with E-state index in [2.05, 4.69) is 5.32 Å². The van der Waals surface area contributed by atoms with Gasteiger partial charge in [-0.3, -0.25) is 48.4 Å². The van der Waals surface area contributed by atoms with Gasteiger partial charge in [0.1, 0.15) is 10.8 Å². The summed E-state index contributed by atoms with van der Waals surface area (Å²) in [5.74, 6) is -3.67. The summed E-state index contributed by atoms with van der Waals surface area (Å²) in [5, 5.41) is 3.49. The minimum Gasteiger partial charge on any atom is -0.315 e. The molecule has 5 rings (SSSR count). The summed E-state index contributed by atoms with van der Waals surface area (Å²) < 4.78 is 0. The number of barbiturate groups is 2. The summed E-state index contributed by atoms with van der Waals surface area (Å²) in [6, 6.07) is 5.10. The fraction of sp³-hybridized carbons (Fsp3) is 0.600. The number of urea groups is 2. The number of imide groups is 4. The number of hydrogen-bond acceptors (Lipinski definition) is 9. The number of allylic oxidation sites excluding steroid dienone is 4. The van der Waals surface area contributed by atoms with E-state index in [9.17, 15) is 38.4 Å². The topological polar surface area (TPSA) is 162 Å². The van der Waals surface area contributed by atoms with Gasteiger partial charge in [-0.05, 0) is 90.2 Å². The van der Waals surface area contributed by atoms with Crippen molar-refractivity contribution in [3.63, 3.8) is 0 Å². The van der Waals surface area contributed by atoms with Gasteiger partial charge in [0.05, 0.1) is 13.1 Å². The number of nitrogens with zero attached hydrogens (tertiary/aromatic N) is 4. The maximum atomic E-state index is 14.0. The Bertz CT molecular complexity index is 1900. The van der Waals surface area contributed by atoms with Crippen LogP contribution in [0.25, 0.3) is 0 Å². The number of hydrogen-bond donors (Lipinski definition) is 1. The first-order chi connectivity index (χ1) is 27.3. The lowest BCUT2D eigenvalue weighted by Crippen LogP contribution is -2.64. The average Bonchev–Trinajstić information content (AvgIpc) is 3.31.